The van der Waals surface area contributed by atoms with Crippen molar-refractivity contribution in [2.75, 3.05) is 25.0 Å². The van der Waals surface area contributed by atoms with Gasteiger partial charge in [0.1, 0.15) is 5.76 Å². The lowest BCUT2D eigenvalue weighted by Gasteiger charge is -2.44. The molecule has 3 aliphatic heterocycles. The summed E-state index contributed by atoms with van der Waals surface area (Å²) in [6.07, 6.45) is 1.77. The van der Waals surface area contributed by atoms with Gasteiger partial charge in [-0.25, -0.2) is 4.79 Å². The second kappa shape index (κ2) is 7.44. The van der Waals surface area contributed by atoms with Gasteiger partial charge in [-0.1, -0.05) is 12.1 Å². The molecule has 5 rings (SSSR count). The molecule has 4 heterocycles. The first kappa shape index (κ1) is 17.6. The normalized spacial score (nSPS) is 23.7. The molecule has 27 heavy (non-hydrogen) atoms. The Kier molecular flexibility index (Phi) is 4.85. The molecule has 2 N–H and O–H groups in total. The van der Waals surface area contributed by atoms with Gasteiger partial charge >= 0.3 is 6.09 Å². The Morgan fingerprint density at radius 2 is 2.00 bits per heavy atom. The fourth-order valence-corrected chi connectivity index (χ4v) is 3.88. The van der Waals surface area contributed by atoms with E-state index in [4.69, 9.17) is 9.15 Å². The Bertz CT molecular complexity index is 839. The van der Waals surface area contributed by atoms with Crippen LogP contribution in [-0.4, -0.2) is 42.6 Å². The molecule has 0 saturated carbocycles. The van der Waals surface area contributed by atoms with Crippen LogP contribution in [0.3, 0.4) is 0 Å². The number of benzene rings is 1. The summed E-state index contributed by atoms with van der Waals surface area (Å²) in [5, 5.41) is 5.70. The lowest BCUT2D eigenvalue weighted by atomic mass is 9.84. The zero-order valence-corrected chi connectivity index (χ0v) is 15.2. The van der Waals surface area contributed by atoms with Crippen LogP contribution in [0.5, 0.6) is 5.95 Å². The number of ether oxygens (including phenoxy) is 1. The Labute approximate surface area is 157 Å². The maximum Gasteiger partial charge on any atom is 0.415 e. The smallest absolute Gasteiger partial charge is 0.415 e. The summed E-state index contributed by atoms with van der Waals surface area (Å²) in [4.78, 5) is 25.8. The van der Waals surface area contributed by atoms with Crippen molar-refractivity contribution < 1.29 is 18.7 Å². The molecular weight excluding hydrogens is 346 g/mol. The largest absolute Gasteiger partial charge is 0.425 e. The Morgan fingerprint density at radius 3 is 2.70 bits per heavy atom. The molecule has 1 atom stereocenters. The van der Waals surface area contributed by atoms with Gasteiger partial charge < -0.3 is 24.7 Å². The summed E-state index contributed by atoms with van der Waals surface area (Å²) in [6, 6.07) is 10.8. The number of furan rings is 1. The summed E-state index contributed by atoms with van der Waals surface area (Å²) >= 11 is 0. The molecule has 3 fully saturated rings. The summed E-state index contributed by atoms with van der Waals surface area (Å²) in [5.74, 6) is 1.10. The monoisotopic (exact) mass is 369 g/mol. The van der Waals surface area contributed by atoms with Crippen molar-refractivity contribution in [2.24, 2.45) is 5.92 Å². The van der Waals surface area contributed by atoms with Crippen LogP contribution in [-0.2, 0) is 4.79 Å². The third-order valence-corrected chi connectivity index (χ3v) is 5.20. The Morgan fingerprint density at radius 1 is 1.19 bits per heavy atom. The van der Waals surface area contributed by atoms with E-state index in [2.05, 4.69) is 15.5 Å². The van der Waals surface area contributed by atoms with Gasteiger partial charge in [-0.05, 0) is 50.0 Å². The van der Waals surface area contributed by atoms with Crippen LogP contribution in [0.4, 0.5) is 10.5 Å². The van der Waals surface area contributed by atoms with Crippen molar-refractivity contribution in [2.45, 2.75) is 25.8 Å². The maximum absolute atomic E-state index is 12.2. The second-order valence-corrected chi connectivity index (χ2v) is 7.16. The average molecular weight is 369 g/mol. The molecule has 7 heteroatoms. The standard InChI is InChI=1S/C20H23N3O4/c1-13(24)21-16-4-2-3-15(11-16)18-5-6-19(26-18)27-20(25)22-17-12-23-9-7-14(17)8-10-23/h2-6,11,14,17H,7-10,12H2,1H3,(H,21,24)(H,22,25). The second-order valence-electron chi connectivity index (χ2n) is 7.16. The molecule has 2 amide bonds. The fourth-order valence-electron chi connectivity index (χ4n) is 3.88. The summed E-state index contributed by atoms with van der Waals surface area (Å²) < 4.78 is 11.0. The van der Waals surface area contributed by atoms with E-state index in [0.29, 0.717) is 17.4 Å². The molecule has 0 aliphatic carbocycles. The van der Waals surface area contributed by atoms with Gasteiger partial charge in [0.2, 0.25) is 5.91 Å². The quantitative estimate of drug-likeness (QED) is 0.865. The van der Waals surface area contributed by atoms with Crippen LogP contribution in [0, 0.1) is 5.92 Å². The number of carbonyl (C=O) groups excluding carboxylic acids is 2. The van der Waals surface area contributed by atoms with Crippen molar-refractivity contribution in [3.63, 3.8) is 0 Å². The molecular formula is C20H23N3O4. The van der Waals surface area contributed by atoms with Crippen LogP contribution in [0.1, 0.15) is 19.8 Å². The predicted molar refractivity (Wildman–Crippen MR) is 101 cm³/mol. The van der Waals surface area contributed by atoms with E-state index in [1.165, 1.54) is 6.92 Å². The van der Waals surface area contributed by atoms with Crippen LogP contribution in [0.15, 0.2) is 40.8 Å². The van der Waals surface area contributed by atoms with Crippen LogP contribution >= 0.6 is 0 Å². The maximum atomic E-state index is 12.2. The first-order chi connectivity index (χ1) is 13.1. The van der Waals surface area contributed by atoms with Gasteiger partial charge in [-0.2, -0.15) is 0 Å². The van der Waals surface area contributed by atoms with Gasteiger partial charge in [0.05, 0.1) is 0 Å². The highest BCUT2D eigenvalue weighted by molar-refractivity contribution is 5.89. The molecule has 142 valence electrons. The lowest BCUT2D eigenvalue weighted by Crippen LogP contribution is -2.57. The fraction of sp³-hybridized carbons (Fsp3) is 0.400. The Hall–Kier alpha value is -2.80. The van der Waals surface area contributed by atoms with Crippen LogP contribution in [0.25, 0.3) is 11.3 Å². The molecule has 0 spiro atoms. The lowest BCUT2D eigenvalue weighted by molar-refractivity contribution is -0.114. The van der Waals surface area contributed by atoms with E-state index in [9.17, 15) is 9.59 Å². The molecule has 1 aromatic carbocycles. The molecule has 1 aromatic heterocycles. The van der Waals surface area contributed by atoms with Crippen molar-refractivity contribution in [1.82, 2.24) is 10.2 Å². The predicted octanol–water partition coefficient (Wildman–Crippen LogP) is 3.09. The van der Waals surface area contributed by atoms with Crippen molar-refractivity contribution in [3.05, 3.63) is 36.4 Å². The molecule has 0 radical (unpaired) electrons. The molecule has 3 aliphatic rings. The van der Waals surface area contributed by atoms with E-state index in [0.717, 1.165) is 38.0 Å². The molecule has 2 aromatic rings. The van der Waals surface area contributed by atoms with E-state index in [1.54, 1.807) is 24.3 Å². The number of piperidine rings is 3. The molecule has 2 bridgehead atoms. The number of fused-ring (bicyclic) bond motifs is 3. The zero-order chi connectivity index (χ0) is 18.8. The topological polar surface area (TPSA) is 83.8 Å². The highest BCUT2D eigenvalue weighted by atomic mass is 16.6. The van der Waals surface area contributed by atoms with Gasteiger partial charge in [0, 0.05) is 36.8 Å². The third kappa shape index (κ3) is 4.14. The first-order valence-electron chi connectivity index (χ1n) is 9.25. The zero-order valence-electron chi connectivity index (χ0n) is 15.2. The number of anilines is 1. The van der Waals surface area contributed by atoms with E-state index in [1.807, 2.05) is 12.1 Å². The summed E-state index contributed by atoms with van der Waals surface area (Å²) in [7, 11) is 0. The molecule has 1 unspecified atom stereocenters. The average Bonchev–Trinajstić information content (AvgIpc) is 3.11. The molecule has 7 nitrogen and oxygen atoms in total. The van der Waals surface area contributed by atoms with Crippen molar-refractivity contribution in [1.29, 1.82) is 0 Å². The van der Waals surface area contributed by atoms with E-state index < -0.39 is 6.09 Å². The van der Waals surface area contributed by atoms with Crippen molar-refractivity contribution in [3.8, 4) is 17.3 Å². The number of hydrogen-bond acceptors (Lipinski definition) is 5. The third-order valence-electron chi connectivity index (χ3n) is 5.20. The van der Waals surface area contributed by atoms with Gasteiger partial charge in [-0.15, -0.1) is 0 Å². The SMILES string of the molecule is CC(=O)Nc1cccc(-c2ccc(OC(=O)NC3CN4CCC3CC4)o2)c1. The minimum absolute atomic E-state index is 0.139. The van der Waals surface area contributed by atoms with Crippen LogP contribution in [0.2, 0.25) is 0 Å². The number of amides is 2. The molecule has 3 saturated heterocycles. The Balaban J connectivity index is 1.38. The summed E-state index contributed by atoms with van der Waals surface area (Å²) in [5.41, 5.74) is 1.47. The van der Waals surface area contributed by atoms with Gasteiger partial charge in [0.15, 0.2) is 0 Å². The van der Waals surface area contributed by atoms with E-state index >= 15 is 0 Å². The van der Waals surface area contributed by atoms with Crippen LogP contribution < -0.4 is 15.4 Å². The first-order valence-corrected chi connectivity index (χ1v) is 9.25. The van der Waals surface area contributed by atoms with Gasteiger partial charge in [0.25, 0.3) is 5.95 Å². The van der Waals surface area contributed by atoms with Gasteiger partial charge in [-0.3, -0.25) is 4.79 Å². The number of nitrogens with one attached hydrogen (secondary N) is 2. The minimum atomic E-state index is -0.485. The van der Waals surface area contributed by atoms with Crippen molar-refractivity contribution >= 4 is 17.7 Å². The minimum Gasteiger partial charge on any atom is -0.425 e. The number of hydrogen-bond donors (Lipinski definition) is 2. The highest BCUT2D eigenvalue weighted by Crippen LogP contribution is 2.29. The number of rotatable bonds is 4. The number of nitrogens with zero attached hydrogens (tertiary/aromatic N) is 1. The summed E-state index contributed by atoms with van der Waals surface area (Å²) in [6.45, 7) is 4.59. The highest BCUT2D eigenvalue weighted by Gasteiger charge is 2.35. The van der Waals surface area contributed by atoms with E-state index in [-0.39, 0.29) is 17.9 Å². The number of carbonyl (C=O) groups is 2.